The predicted octanol–water partition coefficient (Wildman–Crippen LogP) is 7.90. The third-order valence-corrected chi connectivity index (χ3v) is 5.98. The second kappa shape index (κ2) is 11.6. The summed E-state index contributed by atoms with van der Waals surface area (Å²) in [5.74, 6) is 0. The van der Waals surface area contributed by atoms with Gasteiger partial charge in [0.1, 0.15) is 10.0 Å². The Hall–Kier alpha value is -4.40. The molecule has 37 heavy (non-hydrogen) atoms. The Morgan fingerprint density at radius 1 is 0.622 bits per heavy atom. The average molecular weight is 533 g/mol. The molecule has 0 saturated heterocycles. The predicted molar refractivity (Wildman–Crippen MR) is 146 cm³/mol. The van der Waals surface area contributed by atoms with Crippen LogP contribution in [0.3, 0.4) is 0 Å². The highest BCUT2D eigenvalue weighted by Gasteiger charge is 2.12. The van der Waals surface area contributed by atoms with Crippen LogP contribution in [0.1, 0.15) is 22.3 Å². The number of nitro benzene ring substituents is 2. The Kier molecular flexibility index (Phi) is 8.02. The summed E-state index contributed by atoms with van der Waals surface area (Å²) in [5, 5.41) is 22.2. The van der Waals surface area contributed by atoms with E-state index in [1.165, 1.54) is 24.3 Å². The molecule has 4 aromatic rings. The summed E-state index contributed by atoms with van der Waals surface area (Å²) in [6, 6.07) is 24.4. The van der Waals surface area contributed by atoms with Crippen LogP contribution in [0.15, 0.2) is 94.9 Å². The molecule has 0 atom stereocenters. The molecule has 0 heterocycles. The molecular formula is C27H18Cl2N4O4. The smallest absolute Gasteiger partial charge is 0.258 e. The van der Waals surface area contributed by atoms with Gasteiger partial charge in [-0.05, 0) is 65.1 Å². The van der Waals surface area contributed by atoms with Crippen LogP contribution in [0.4, 0.5) is 22.7 Å². The van der Waals surface area contributed by atoms with Gasteiger partial charge in [0.15, 0.2) is 0 Å². The first kappa shape index (κ1) is 25.7. The molecular weight excluding hydrogens is 515 g/mol. The van der Waals surface area contributed by atoms with Crippen molar-refractivity contribution in [1.29, 1.82) is 0 Å². The molecule has 184 valence electrons. The quantitative estimate of drug-likeness (QED) is 0.130. The van der Waals surface area contributed by atoms with Gasteiger partial charge in [-0.1, -0.05) is 59.6 Å². The van der Waals surface area contributed by atoms with Crippen LogP contribution in [0, 0.1) is 20.2 Å². The van der Waals surface area contributed by atoms with E-state index in [1.807, 2.05) is 48.5 Å². The minimum Gasteiger partial charge on any atom is -0.258 e. The minimum absolute atomic E-state index is 0.0826. The first-order valence-corrected chi connectivity index (χ1v) is 11.7. The Morgan fingerprint density at radius 3 is 1.35 bits per heavy atom. The molecule has 0 spiro atoms. The zero-order chi connectivity index (χ0) is 26.4. The number of nitrogens with zero attached hydrogens (tertiary/aromatic N) is 4. The number of benzene rings is 4. The van der Waals surface area contributed by atoms with Crippen molar-refractivity contribution in [2.45, 2.75) is 6.42 Å². The summed E-state index contributed by atoms with van der Waals surface area (Å²) in [4.78, 5) is 29.8. The molecule has 0 bridgehead atoms. The van der Waals surface area contributed by atoms with Gasteiger partial charge in [-0.3, -0.25) is 30.2 Å². The molecule has 8 nitrogen and oxygen atoms in total. The molecule has 0 aliphatic rings. The lowest BCUT2D eigenvalue weighted by Gasteiger charge is -2.04. The summed E-state index contributed by atoms with van der Waals surface area (Å²) < 4.78 is 0. The fourth-order valence-corrected chi connectivity index (χ4v) is 3.81. The minimum atomic E-state index is -0.527. The highest BCUT2D eigenvalue weighted by Crippen LogP contribution is 2.26. The SMILES string of the molecule is O=[N+]([O-])c1cc(C=Nc2ccc(Cc3ccc(N=Cc4ccc(Cl)c([N+](=O)[O-])c4)cc3)cc2)ccc1Cl. The van der Waals surface area contributed by atoms with Gasteiger partial charge in [-0.15, -0.1) is 0 Å². The lowest BCUT2D eigenvalue weighted by molar-refractivity contribution is -0.384. The van der Waals surface area contributed by atoms with E-state index in [1.54, 1.807) is 24.6 Å². The number of rotatable bonds is 8. The maximum absolute atomic E-state index is 11.0. The largest absolute Gasteiger partial charge is 0.288 e. The van der Waals surface area contributed by atoms with Crippen molar-refractivity contribution in [2.24, 2.45) is 9.98 Å². The fraction of sp³-hybridized carbons (Fsp3) is 0.0370. The van der Waals surface area contributed by atoms with Gasteiger partial charge in [0.2, 0.25) is 0 Å². The molecule has 10 heteroatoms. The normalized spacial score (nSPS) is 11.3. The van der Waals surface area contributed by atoms with Crippen molar-refractivity contribution in [3.05, 3.63) is 137 Å². The van der Waals surface area contributed by atoms with Crippen LogP contribution in [0.5, 0.6) is 0 Å². The maximum Gasteiger partial charge on any atom is 0.288 e. The fourth-order valence-electron chi connectivity index (χ4n) is 3.43. The molecule has 0 saturated carbocycles. The van der Waals surface area contributed by atoms with E-state index in [4.69, 9.17) is 23.2 Å². The Labute approximate surface area is 221 Å². The zero-order valence-electron chi connectivity index (χ0n) is 19.1. The van der Waals surface area contributed by atoms with Crippen LogP contribution in [-0.2, 0) is 6.42 Å². The summed E-state index contributed by atoms with van der Waals surface area (Å²) in [7, 11) is 0. The number of hydrogen-bond donors (Lipinski definition) is 0. The third kappa shape index (κ3) is 6.84. The Bertz CT molecular complexity index is 1400. The monoisotopic (exact) mass is 532 g/mol. The summed E-state index contributed by atoms with van der Waals surface area (Å²) in [5.41, 5.74) is 4.45. The summed E-state index contributed by atoms with van der Waals surface area (Å²) in [6.45, 7) is 0. The van der Waals surface area contributed by atoms with E-state index < -0.39 is 9.85 Å². The molecule has 4 aromatic carbocycles. The van der Waals surface area contributed by atoms with Gasteiger partial charge in [0.25, 0.3) is 11.4 Å². The molecule has 0 N–H and O–H groups in total. The lowest BCUT2D eigenvalue weighted by Crippen LogP contribution is -1.91. The average Bonchev–Trinajstić information content (AvgIpc) is 2.89. The van der Waals surface area contributed by atoms with E-state index in [2.05, 4.69) is 9.98 Å². The number of aliphatic imine (C=N–C) groups is 2. The van der Waals surface area contributed by atoms with Crippen molar-refractivity contribution in [1.82, 2.24) is 0 Å². The summed E-state index contributed by atoms with van der Waals surface area (Å²) in [6.07, 6.45) is 3.82. The molecule has 0 fully saturated rings. The van der Waals surface area contributed by atoms with Crippen LogP contribution < -0.4 is 0 Å². The topological polar surface area (TPSA) is 111 Å². The van der Waals surface area contributed by atoms with Gasteiger partial charge in [0.05, 0.1) is 21.2 Å². The van der Waals surface area contributed by atoms with Gasteiger partial charge >= 0.3 is 0 Å². The lowest BCUT2D eigenvalue weighted by atomic mass is 10.0. The first-order valence-electron chi connectivity index (χ1n) is 10.9. The molecule has 0 aliphatic heterocycles. The van der Waals surface area contributed by atoms with Gasteiger partial charge < -0.3 is 0 Å². The van der Waals surface area contributed by atoms with Crippen molar-refractivity contribution >= 4 is 58.4 Å². The van der Waals surface area contributed by atoms with Gasteiger partial charge in [0, 0.05) is 24.6 Å². The van der Waals surface area contributed by atoms with Gasteiger partial charge in [-0.2, -0.15) is 0 Å². The van der Waals surface area contributed by atoms with Crippen molar-refractivity contribution < 1.29 is 9.85 Å². The molecule has 0 amide bonds. The van der Waals surface area contributed by atoms with Crippen LogP contribution in [0.25, 0.3) is 0 Å². The third-order valence-electron chi connectivity index (χ3n) is 5.34. The highest BCUT2D eigenvalue weighted by atomic mass is 35.5. The summed E-state index contributed by atoms with van der Waals surface area (Å²) >= 11 is 11.7. The molecule has 0 unspecified atom stereocenters. The van der Waals surface area contributed by atoms with E-state index in [0.29, 0.717) is 28.9 Å². The molecule has 0 radical (unpaired) electrons. The maximum atomic E-state index is 11.0. The number of halogens is 2. The number of nitro groups is 2. The zero-order valence-corrected chi connectivity index (χ0v) is 20.6. The van der Waals surface area contributed by atoms with Crippen molar-refractivity contribution in [3.63, 3.8) is 0 Å². The van der Waals surface area contributed by atoms with E-state index in [-0.39, 0.29) is 21.4 Å². The second-order valence-corrected chi connectivity index (χ2v) is 8.78. The highest BCUT2D eigenvalue weighted by molar-refractivity contribution is 6.33. The van der Waals surface area contributed by atoms with Gasteiger partial charge in [-0.25, -0.2) is 0 Å². The van der Waals surface area contributed by atoms with E-state index in [0.717, 1.165) is 11.1 Å². The Morgan fingerprint density at radius 2 is 1.00 bits per heavy atom. The van der Waals surface area contributed by atoms with Crippen LogP contribution >= 0.6 is 23.2 Å². The molecule has 0 aromatic heterocycles. The van der Waals surface area contributed by atoms with E-state index >= 15 is 0 Å². The standard InChI is InChI=1S/C27H18Cl2N4O4/c28-24-11-5-20(14-26(24)32(34)35)16-30-22-7-1-18(2-8-22)13-19-3-9-23(10-4-19)31-17-21-6-12-25(29)27(15-21)33(36)37/h1-12,14-17H,13H2. The van der Waals surface area contributed by atoms with Crippen molar-refractivity contribution in [2.75, 3.05) is 0 Å². The molecule has 4 rings (SSSR count). The molecule has 0 aliphatic carbocycles. The van der Waals surface area contributed by atoms with E-state index in [9.17, 15) is 20.2 Å². The second-order valence-electron chi connectivity index (χ2n) is 7.96. The van der Waals surface area contributed by atoms with Crippen LogP contribution in [0.2, 0.25) is 10.0 Å². The number of hydrogen-bond acceptors (Lipinski definition) is 6. The van der Waals surface area contributed by atoms with Crippen LogP contribution in [-0.4, -0.2) is 22.3 Å². The first-order chi connectivity index (χ1) is 17.8. The van der Waals surface area contributed by atoms with Crippen molar-refractivity contribution in [3.8, 4) is 0 Å². The Balaban J connectivity index is 1.38.